The van der Waals surface area contributed by atoms with Crippen molar-refractivity contribution in [1.82, 2.24) is 19.9 Å². The summed E-state index contributed by atoms with van der Waals surface area (Å²) in [5.41, 5.74) is -1.36. The first-order valence-corrected chi connectivity index (χ1v) is 8.52. The zero-order valence-corrected chi connectivity index (χ0v) is 15.3. The fourth-order valence-corrected chi connectivity index (χ4v) is 2.80. The smallest absolute Gasteiger partial charge is 0.433 e. The molecule has 3 aromatic heterocycles. The molecular weight excluding hydrogens is 417 g/mol. The third kappa shape index (κ3) is 3.33. The van der Waals surface area contributed by atoms with Crippen LogP contribution in [0.3, 0.4) is 0 Å². The molecule has 3 heterocycles. The van der Waals surface area contributed by atoms with Gasteiger partial charge in [-0.25, -0.2) is 9.50 Å². The quantitative estimate of drug-likeness (QED) is 0.669. The van der Waals surface area contributed by atoms with E-state index in [1.165, 1.54) is 12.3 Å². The minimum Gasteiger partial charge on any atom is -0.463 e. The maximum absolute atomic E-state index is 13.5. The lowest BCUT2D eigenvalue weighted by Crippen LogP contribution is -2.32. The normalized spacial score (nSPS) is 13.2. The Morgan fingerprint density at radius 1 is 1.46 bits per heavy atom. The molecule has 0 fully saturated rings. The molecule has 26 heavy (non-hydrogen) atoms. The van der Waals surface area contributed by atoms with Crippen LogP contribution in [0.1, 0.15) is 36.5 Å². The van der Waals surface area contributed by atoms with Crippen molar-refractivity contribution >= 4 is 27.5 Å². The first kappa shape index (κ1) is 18.4. The van der Waals surface area contributed by atoms with Crippen LogP contribution in [-0.2, 0) is 6.18 Å². The van der Waals surface area contributed by atoms with Gasteiger partial charge in [-0.05, 0) is 47.5 Å². The number of nitrogens with zero attached hydrogens (tertiary/aromatic N) is 3. The van der Waals surface area contributed by atoms with Crippen LogP contribution in [-0.4, -0.2) is 26.5 Å². The predicted octanol–water partition coefficient (Wildman–Crippen LogP) is 4.30. The van der Waals surface area contributed by atoms with E-state index >= 15 is 0 Å². The monoisotopic (exact) mass is 430 g/mol. The van der Waals surface area contributed by atoms with E-state index < -0.39 is 17.8 Å². The lowest BCUT2D eigenvalue weighted by atomic mass is 10.2. The predicted molar refractivity (Wildman–Crippen MR) is 90.6 cm³/mol. The number of amides is 1. The molecule has 0 aromatic carbocycles. The van der Waals surface area contributed by atoms with E-state index in [2.05, 4.69) is 31.3 Å². The van der Waals surface area contributed by atoms with Crippen molar-refractivity contribution in [3.63, 3.8) is 0 Å². The molecule has 1 amide bonds. The maximum atomic E-state index is 13.5. The summed E-state index contributed by atoms with van der Waals surface area (Å²) in [6, 6.07) is 3.74. The zero-order chi connectivity index (χ0) is 19.1. The van der Waals surface area contributed by atoms with Gasteiger partial charge in [-0.3, -0.25) is 4.79 Å². The van der Waals surface area contributed by atoms with Crippen LogP contribution < -0.4 is 5.32 Å². The summed E-state index contributed by atoms with van der Waals surface area (Å²) < 4.78 is 46.4. The van der Waals surface area contributed by atoms with Gasteiger partial charge in [-0.15, -0.1) is 0 Å². The Kier molecular flexibility index (Phi) is 4.78. The number of furan rings is 1. The highest BCUT2D eigenvalue weighted by Crippen LogP contribution is 2.34. The molecule has 0 aliphatic carbocycles. The fourth-order valence-electron chi connectivity index (χ4n) is 2.28. The van der Waals surface area contributed by atoms with E-state index in [1.54, 1.807) is 13.0 Å². The molecule has 3 aromatic rings. The number of rotatable bonds is 4. The highest BCUT2D eigenvalue weighted by Gasteiger charge is 2.37. The average Bonchev–Trinajstić information content (AvgIpc) is 3.21. The van der Waals surface area contributed by atoms with Gasteiger partial charge in [0.2, 0.25) is 0 Å². The summed E-state index contributed by atoms with van der Waals surface area (Å²) in [6.07, 6.45) is -2.69. The van der Waals surface area contributed by atoms with Gasteiger partial charge in [0.05, 0.1) is 10.7 Å². The molecule has 0 unspecified atom stereocenters. The Balaban J connectivity index is 2.20. The Morgan fingerprint density at radius 2 is 2.19 bits per heavy atom. The number of carbonyl (C=O) groups is 1. The molecule has 138 valence electrons. The Bertz CT molecular complexity index is 951. The minimum atomic E-state index is -4.70. The van der Waals surface area contributed by atoms with Crippen LogP contribution in [0.2, 0.25) is 0 Å². The summed E-state index contributed by atoms with van der Waals surface area (Å²) in [6.45, 7) is 3.67. The number of nitrogens with one attached hydrogen (secondary N) is 1. The molecule has 0 saturated heterocycles. The molecule has 0 bridgehead atoms. The number of fused-ring (bicyclic) bond motifs is 1. The van der Waals surface area contributed by atoms with Crippen LogP contribution in [0.5, 0.6) is 0 Å². The van der Waals surface area contributed by atoms with Crippen molar-refractivity contribution in [2.45, 2.75) is 32.5 Å². The van der Waals surface area contributed by atoms with E-state index in [0.717, 1.165) is 6.07 Å². The van der Waals surface area contributed by atoms with E-state index in [9.17, 15) is 18.0 Å². The maximum Gasteiger partial charge on any atom is 0.433 e. The molecule has 1 atom stereocenters. The summed E-state index contributed by atoms with van der Waals surface area (Å²) >= 11 is 3.16. The largest absolute Gasteiger partial charge is 0.463 e. The topological polar surface area (TPSA) is 72.4 Å². The second-order valence-electron chi connectivity index (χ2n) is 5.68. The first-order valence-electron chi connectivity index (χ1n) is 7.73. The Hall–Kier alpha value is -2.36. The molecule has 0 radical (unpaired) electrons. The molecule has 3 rings (SSSR count). The van der Waals surface area contributed by atoms with Gasteiger partial charge >= 0.3 is 6.18 Å². The number of alkyl halides is 3. The summed E-state index contributed by atoms with van der Waals surface area (Å²) in [7, 11) is 0. The van der Waals surface area contributed by atoms with Gasteiger partial charge in [0.25, 0.3) is 5.91 Å². The van der Waals surface area contributed by atoms with E-state index in [0.29, 0.717) is 10.9 Å². The van der Waals surface area contributed by atoms with Crippen molar-refractivity contribution in [1.29, 1.82) is 0 Å². The second kappa shape index (κ2) is 6.75. The van der Waals surface area contributed by atoms with Gasteiger partial charge in [0.1, 0.15) is 5.69 Å². The number of halogens is 4. The fraction of sp³-hybridized carbons (Fsp3) is 0.312. The molecule has 6 nitrogen and oxygen atoms in total. The highest BCUT2D eigenvalue weighted by molar-refractivity contribution is 9.10. The molecular formula is C16H14BrF3N4O2. The van der Waals surface area contributed by atoms with Crippen molar-refractivity contribution in [2.24, 2.45) is 0 Å². The van der Waals surface area contributed by atoms with Crippen molar-refractivity contribution < 1.29 is 22.4 Å². The van der Waals surface area contributed by atoms with Crippen LogP contribution in [0.25, 0.3) is 17.1 Å². The van der Waals surface area contributed by atoms with Gasteiger partial charge in [0.15, 0.2) is 22.8 Å². The Labute approximate surface area is 154 Å². The van der Waals surface area contributed by atoms with Crippen LogP contribution in [0.15, 0.2) is 33.4 Å². The Morgan fingerprint density at radius 3 is 2.77 bits per heavy atom. The van der Waals surface area contributed by atoms with Crippen molar-refractivity contribution in [3.8, 4) is 11.5 Å². The standard InChI is InChI=1S/C16H14BrF3N4O2/c1-3-8(2)21-15(25)13-12(17)14-22-9(10-5-4-6-26-10)7-11(16(18,19)20)24(14)23-13/h4-8H,3H2,1-2H3,(H,21,25)/t8-/m1/s1. The molecule has 0 aliphatic heterocycles. The van der Waals surface area contributed by atoms with Gasteiger partial charge < -0.3 is 9.73 Å². The SMILES string of the molecule is CC[C@@H](C)NC(=O)c1nn2c(C(F)(F)F)cc(-c3ccco3)nc2c1Br. The highest BCUT2D eigenvalue weighted by atomic mass is 79.9. The molecule has 0 aliphatic rings. The van der Waals surface area contributed by atoms with Crippen LogP contribution >= 0.6 is 15.9 Å². The number of hydrogen-bond donors (Lipinski definition) is 1. The number of hydrogen-bond acceptors (Lipinski definition) is 4. The van der Waals surface area contributed by atoms with Gasteiger partial charge in [-0.2, -0.15) is 18.3 Å². The van der Waals surface area contributed by atoms with E-state index in [4.69, 9.17) is 4.42 Å². The number of aromatic nitrogens is 3. The van der Waals surface area contributed by atoms with Crippen molar-refractivity contribution in [2.75, 3.05) is 0 Å². The van der Waals surface area contributed by atoms with Crippen molar-refractivity contribution in [3.05, 3.63) is 40.3 Å². The van der Waals surface area contributed by atoms with Gasteiger partial charge in [0, 0.05) is 6.04 Å². The van der Waals surface area contributed by atoms with Crippen LogP contribution in [0, 0.1) is 0 Å². The lowest BCUT2D eigenvalue weighted by molar-refractivity contribution is -0.142. The average molecular weight is 431 g/mol. The third-order valence-corrected chi connectivity index (χ3v) is 4.53. The van der Waals surface area contributed by atoms with Gasteiger partial charge in [-0.1, -0.05) is 6.92 Å². The summed E-state index contributed by atoms with van der Waals surface area (Å²) in [5, 5.41) is 6.51. The lowest BCUT2D eigenvalue weighted by Gasteiger charge is -2.10. The van der Waals surface area contributed by atoms with E-state index in [1.807, 2.05) is 6.92 Å². The molecule has 0 saturated carbocycles. The zero-order valence-electron chi connectivity index (χ0n) is 13.8. The van der Waals surface area contributed by atoms with Crippen LogP contribution in [0.4, 0.5) is 13.2 Å². The number of carbonyl (C=O) groups excluding carboxylic acids is 1. The molecule has 0 spiro atoms. The second-order valence-corrected chi connectivity index (χ2v) is 6.48. The molecule has 1 N–H and O–H groups in total. The molecule has 10 heteroatoms. The third-order valence-electron chi connectivity index (χ3n) is 3.80. The summed E-state index contributed by atoms with van der Waals surface area (Å²) in [5.74, 6) is -0.402. The first-order chi connectivity index (χ1) is 12.2. The minimum absolute atomic E-state index is 0.00990. The van der Waals surface area contributed by atoms with E-state index in [-0.39, 0.29) is 33.3 Å². The summed E-state index contributed by atoms with van der Waals surface area (Å²) in [4.78, 5) is 16.5.